The molecular formula is C19H19N3O2. The highest BCUT2D eigenvalue weighted by atomic mass is 16.5. The highest BCUT2D eigenvalue weighted by molar-refractivity contribution is 5.59. The van der Waals surface area contributed by atoms with Crippen molar-refractivity contribution in [1.82, 2.24) is 10.2 Å². The van der Waals surface area contributed by atoms with E-state index >= 15 is 0 Å². The predicted octanol–water partition coefficient (Wildman–Crippen LogP) is 3.77. The quantitative estimate of drug-likeness (QED) is 0.749. The van der Waals surface area contributed by atoms with Crippen LogP contribution in [0.25, 0.3) is 11.3 Å². The zero-order valence-corrected chi connectivity index (χ0v) is 13.7. The molecule has 0 aliphatic heterocycles. The molecule has 1 N–H and O–H groups in total. The molecule has 0 saturated carbocycles. The highest BCUT2D eigenvalue weighted by Gasteiger charge is 2.05. The summed E-state index contributed by atoms with van der Waals surface area (Å²) in [6.45, 7) is 0.625. The van der Waals surface area contributed by atoms with Crippen molar-refractivity contribution in [3.05, 3.63) is 66.2 Å². The molecular weight excluding hydrogens is 302 g/mol. The van der Waals surface area contributed by atoms with Gasteiger partial charge in [-0.1, -0.05) is 36.4 Å². The Morgan fingerprint density at radius 3 is 2.29 bits per heavy atom. The number of benzene rings is 2. The van der Waals surface area contributed by atoms with Crippen LogP contribution in [-0.4, -0.2) is 24.4 Å². The second kappa shape index (κ2) is 7.46. The number of rotatable bonds is 6. The summed E-state index contributed by atoms with van der Waals surface area (Å²) in [7, 11) is 3.25. The summed E-state index contributed by atoms with van der Waals surface area (Å²) in [6.07, 6.45) is 0. The number of hydrogen-bond acceptors (Lipinski definition) is 5. The Labute approximate surface area is 141 Å². The number of nitrogens with zero attached hydrogens (tertiary/aromatic N) is 2. The van der Waals surface area contributed by atoms with Gasteiger partial charge in [0.2, 0.25) is 0 Å². The van der Waals surface area contributed by atoms with Gasteiger partial charge in [0.25, 0.3) is 0 Å². The van der Waals surface area contributed by atoms with Gasteiger partial charge in [-0.3, -0.25) is 0 Å². The Kier molecular flexibility index (Phi) is 4.91. The molecule has 0 fully saturated rings. The van der Waals surface area contributed by atoms with E-state index in [2.05, 4.69) is 15.5 Å². The number of anilines is 1. The first-order valence-electron chi connectivity index (χ1n) is 7.64. The maximum atomic E-state index is 5.31. The van der Waals surface area contributed by atoms with Crippen molar-refractivity contribution in [2.45, 2.75) is 6.54 Å². The Morgan fingerprint density at radius 2 is 1.62 bits per heavy atom. The molecule has 0 radical (unpaired) electrons. The van der Waals surface area contributed by atoms with Gasteiger partial charge in [0, 0.05) is 12.1 Å². The van der Waals surface area contributed by atoms with Crippen LogP contribution in [-0.2, 0) is 6.54 Å². The summed E-state index contributed by atoms with van der Waals surface area (Å²) in [5.74, 6) is 2.15. The van der Waals surface area contributed by atoms with Crippen molar-refractivity contribution in [2.24, 2.45) is 0 Å². The predicted molar refractivity (Wildman–Crippen MR) is 94.3 cm³/mol. The topological polar surface area (TPSA) is 56.3 Å². The Bertz CT molecular complexity index is 789. The molecule has 0 aliphatic rings. The van der Waals surface area contributed by atoms with Gasteiger partial charge >= 0.3 is 0 Å². The third-order valence-electron chi connectivity index (χ3n) is 3.66. The highest BCUT2D eigenvalue weighted by Crippen LogP contribution is 2.27. The van der Waals surface area contributed by atoms with E-state index in [1.54, 1.807) is 14.2 Å². The monoisotopic (exact) mass is 321 g/mol. The average molecular weight is 321 g/mol. The van der Waals surface area contributed by atoms with Gasteiger partial charge in [0.05, 0.1) is 19.9 Å². The number of hydrogen-bond donors (Lipinski definition) is 1. The summed E-state index contributed by atoms with van der Waals surface area (Å²) in [4.78, 5) is 0. The third-order valence-corrected chi connectivity index (χ3v) is 3.66. The first-order chi connectivity index (χ1) is 11.8. The van der Waals surface area contributed by atoms with E-state index in [-0.39, 0.29) is 0 Å². The van der Waals surface area contributed by atoms with Crippen LogP contribution in [0.2, 0.25) is 0 Å². The number of nitrogens with one attached hydrogen (secondary N) is 1. The minimum Gasteiger partial charge on any atom is -0.493 e. The number of methoxy groups -OCH3 is 2. The van der Waals surface area contributed by atoms with Gasteiger partial charge in [0.1, 0.15) is 5.82 Å². The molecule has 1 aromatic heterocycles. The van der Waals surface area contributed by atoms with Crippen molar-refractivity contribution < 1.29 is 9.47 Å². The fourth-order valence-electron chi connectivity index (χ4n) is 2.37. The normalized spacial score (nSPS) is 10.2. The zero-order chi connectivity index (χ0) is 16.8. The molecule has 0 aliphatic carbocycles. The molecule has 1 heterocycles. The first kappa shape index (κ1) is 15.8. The second-order valence-electron chi connectivity index (χ2n) is 5.21. The molecule has 0 bridgehead atoms. The lowest BCUT2D eigenvalue weighted by atomic mass is 10.1. The lowest BCUT2D eigenvalue weighted by Gasteiger charge is -2.10. The van der Waals surface area contributed by atoms with Crippen LogP contribution in [0, 0.1) is 0 Å². The summed E-state index contributed by atoms with van der Waals surface area (Å²) < 4.78 is 10.6. The molecule has 0 amide bonds. The largest absolute Gasteiger partial charge is 0.493 e. The molecule has 3 rings (SSSR count). The fraction of sp³-hybridized carbons (Fsp3) is 0.158. The lowest BCUT2D eigenvalue weighted by Crippen LogP contribution is -2.03. The molecule has 2 aromatic carbocycles. The van der Waals surface area contributed by atoms with Gasteiger partial charge in [-0.25, -0.2) is 0 Å². The van der Waals surface area contributed by atoms with E-state index in [1.807, 2.05) is 60.7 Å². The average Bonchev–Trinajstić information content (AvgIpc) is 2.67. The van der Waals surface area contributed by atoms with Gasteiger partial charge < -0.3 is 14.8 Å². The van der Waals surface area contributed by atoms with E-state index in [0.717, 1.165) is 22.6 Å². The van der Waals surface area contributed by atoms with E-state index in [1.165, 1.54) is 0 Å². The van der Waals surface area contributed by atoms with E-state index in [0.29, 0.717) is 18.0 Å². The second-order valence-corrected chi connectivity index (χ2v) is 5.21. The van der Waals surface area contributed by atoms with Crippen LogP contribution in [0.3, 0.4) is 0 Å². The smallest absolute Gasteiger partial charge is 0.161 e. The summed E-state index contributed by atoms with van der Waals surface area (Å²) in [5.41, 5.74) is 2.98. The minimum atomic E-state index is 0.625. The van der Waals surface area contributed by atoms with Crippen LogP contribution in [0.1, 0.15) is 5.56 Å². The SMILES string of the molecule is COc1ccc(CNc2ccc(-c3ccccc3)nn2)cc1OC. The van der Waals surface area contributed by atoms with Crippen LogP contribution >= 0.6 is 0 Å². The maximum absolute atomic E-state index is 5.31. The zero-order valence-electron chi connectivity index (χ0n) is 13.7. The molecule has 122 valence electrons. The standard InChI is InChI=1S/C19H19N3O2/c1-23-17-10-8-14(12-18(17)24-2)13-20-19-11-9-16(21-22-19)15-6-4-3-5-7-15/h3-12H,13H2,1-2H3,(H,20,22). The van der Waals surface area contributed by atoms with Gasteiger partial charge in [0.15, 0.2) is 11.5 Å². The molecule has 0 spiro atoms. The van der Waals surface area contributed by atoms with Crippen molar-refractivity contribution in [1.29, 1.82) is 0 Å². The summed E-state index contributed by atoms with van der Waals surface area (Å²) >= 11 is 0. The first-order valence-corrected chi connectivity index (χ1v) is 7.64. The third kappa shape index (κ3) is 3.63. The van der Waals surface area contributed by atoms with Crippen molar-refractivity contribution >= 4 is 5.82 Å². The van der Waals surface area contributed by atoms with Gasteiger partial charge in [-0.15, -0.1) is 10.2 Å². The van der Waals surface area contributed by atoms with Gasteiger partial charge in [-0.05, 0) is 29.8 Å². The van der Waals surface area contributed by atoms with Crippen LogP contribution in [0.15, 0.2) is 60.7 Å². The molecule has 0 unspecified atom stereocenters. The molecule has 24 heavy (non-hydrogen) atoms. The molecule has 3 aromatic rings. The minimum absolute atomic E-state index is 0.625. The molecule has 5 nitrogen and oxygen atoms in total. The Morgan fingerprint density at radius 1 is 0.833 bits per heavy atom. The van der Waals surface area contributed by atoms with Crippen LogP contribution < -0.4 is 14.8 Å². The van der Waals surface area contributed by atoms with Crippen molar-refractivity contribution in [2.75, 3.05) is 19.5 Å². The number of aromatic nitrogens is 2. The summed E-state index contributed by atoms with van der Waals surface area (Å²) in [5, 5.41) is 11.8. The van der Waals surface area contributed by atoms with E-state index < -0.39 is 0 Å². The number of ether oxygens (including phenoxy) is 2. The van der Waals surface area contributed by atoms with Crippen LogP contribution in [0.4, 0.5) is 5.82 Å². The summed E-state index contributed by atoms with van der Waals surface area (Å²) in [6, 6.07) is 19.7. The molecule has 0 atom stereocenters. The molecule has 5 heteroatoms. The van der Waals surface area contributed by atoms with Crippen molar-refractivity contribution in [3.63, 3.8) is 0 Å². The van der Waals surface area contributed by atoms with Crippen LogP contribution in [0.5, 0.6) is 11.5 Å². The Hall–Kier alpha value is -3.08. The van der Waals surface area contributed by atoms with Crippen molar-refractivity contribution in [3.8, 4) is 22.8 Å². The Balaban J connectivity index is 1.67. The van der Waals surface area contributed by atoms with Gasteiger partial charge in [-0.2, -0.15) is 0 Å². The lowest BCUT2D eigenvalue weighted by molar-refractivity contribution is 0.354. The maximum Gasteiger partial charge on any atom is 0.161 e. The molecule has 0 saturated heterocycles. The fourth-order valence-corrected chi connectivity index (χ4v) is 2.37. The van der Waals surface area contributed by atoms with E-state index in [4.69, 9.17) is 9.47 Å². The van der Waals surface area contributed by atoms with E-state index in [9.17, 15) is 0 Å².